The first-order valence-corrected chi connectivity index (χ1v) is 5.23. The van der Waals surface area contributed by atoms with E-state index in [0.29, 0.717) is 19.6 Å². The summed E-state index contributed by atoms with van der Waals surface area (Å²) in [6.45, 7) is 0.672. The summed E-state index contributed by atoms with van der Waals surface area (Å²) in [5.41, 5.74) is -1.23. The number of carboxylic acid groups (broad SMARTS) is 1. The van der Waals surface area contributed by atoms with E-state index in [2.05, 4.69) is 16.0 Å². The van der Waals surface area contributed by atoms with Crippen LogP contribution in [0.1, 0.15) is 6.42 Å². The second-order valence-corrected chi connectivity index (χ2v) is 4.10. The van der Waals surface area contributed by atoms with Gasteiger partial charge in [0.05, 0.1) is 13.2 Å². The third kappa shape index (κ3) is 2.03. The molecule has 2 aliphatic heterocycles. The molecule has 2 rings (SSSR count). The topological polar surface area (TPSA) is 117 Å². The minimum absolute atomic E-state index is 0.159. The van der Waals surface area contributed by atoms with Crippen molar-refractivity contribution in [3.63, 3.8) is 0 Å². The fourth-order valence-electron chi connectivity index (χ4n) is 2.20. The van der Waals surface area contributed by atoms with Crippen molar-refractivity contribution in [1.29, 1.82) is 0 Å². The summed E-state index contributed by atoms with van der Waals surface area (Å²) in [6, 6.07) is -0.603. The summed E-state index contributed by atoms with van der Waals surface area (Å²) in [5.74, 6) is -0.729. The van der Waals surface area contributed by atoms with Gasteiger partial charge in [-0.05, 0) is 6.42 Å². The van der Waals surface area contributed by atoms with Crippen LogP contribution in [0.15, 0.2) is 0 Å². The molecule has 0 saturated carbocycles. The van der Waals surface area contributed by atoms with Crippen LogP contribution in [0.25, 0.3) is 0 Å². The van der Waals surface area contributed by atoms with E-state index in [1.165, 1.54) is 0 Å². The standard InChI is InChI=1S/C9H13N3O5/c13-6-9(4-10-8(15)16,12-7(14)11-6)5-1-2-17-3-5/h5,10H,1-4H2,(H,15,16)(H2,11,12,13,14). The van der Waals surface area contributed by atoms with E-state index in [0.717, 1.165) is 0 Å². The Bertz CT molecular complexity index is 366. The average molecular weight is 243 g/mol. The quantitative estimate of drug-likeness (QED) is 0.468. The summed E-state index contributed by atoms with van der Waals surface area (Å²) < 4.78 is 5.18. The largest absolute Gasteiger partial charge is 0.465 e. The lowest BCUT2D eigenvalue weighted by molar-refractivity contribution is -0.125. The number of urea groups is 1. The third-order valence-corrected chi connectivity index (χ3v) is 3.11. The molecule has 4 N–H and O–H groups in total. The SMILES string of the molecule is O=C(O)NCC1(C2CCOC2)NC(=O)NC1=O. The van der Waals surface area contributed by atoms with Crippen molar-refractivity contribution in [1.82, 2.24) is 16.0 Å². The molecule has 2 saturated heterocycles. The van der Waals surface area contributed by atoms with Gasteiger partial charge < -0.3 is 20.5 Å². The molecule has 0 spiro atoms. The monoisotopic (exact) mass is 243 g/mol. The van der Waals surface area contributed by atoms with Crippen LogP contribution in [0.3, 0.4) is 0 Å². The average Bonchev–Trinajstić information content (AvgIpc) is 2.84. The highest BCUT2D eigenvalue weighted by atomic mass is 16.5. The van der Waals surface area contributed by atoms with Gasteiger partial charge in [0.1, 0.15) is 5.54 Å². The van der Waals surface area contributed by atoms with E-state index in [9.17, 15) is 14.4 Å². The fraction of sp³-hybridized carbons (Fsp3) is 0.667. The molecule has 4 amide bonds. The molecule has 0 aromatic rings. The van der Waals surface area contributed by atoms with E-state index in [1.54, 1.807) is 0 Å². The van der Waals surface area contributed by atoms with Crippen molar-refractivity contribution >= 4 is 18.0 Å². The number of rotatable bonds is 3. The van der Waals surface area contributed by atoms with Gasteiger partial charge >= 0.3 is 12.1 Å². The van der Waals surface area contributed by atoms with E-state index < -0.39 is 23.6 Å². The first kappa shape index (κ1) is 11.6. The predicted octanol–water partition coefficient (Wildman–Crippen LogP) is -1.13. The van der Waals surface area contributed by atoms with Gasteiger partial charge in [-0.1, -0.05) is 0 Å². The lowest BCUT2D eigenvalue weighted by atomic mass is 9.83. The molecule has 2 aliphatic rings. The number of hydrogen-bond acceptors (Lipinski definition) is 4. The Kier molecular flexibility index (Phi) is 2.88. The van der Waals surface area contributed by atoms with Crippen LogP contribution in [-0.4, -0.2) is 48.4 Å². The maximum absolute atomic E-state index is 11.8. The maximum atomic E-state index is 11.8. The molecule has 2 atom stereocenters. The summed E-state index contributed by atoms with van der Waals surface area (Å²) in [7, 11) is 0. The summed E-state index contributed by atoms with van der Waals surface area (Å²) in [6.07, 6.45) is -0.633. The molecule has 8 nitrogen and oxygen atoms in total. The minimum atomic E-state index is -1.24. The number of carbonyl (C=O) groups is 3. The molecule has 2 fully saturated rings. The minimum Gasteiger partial charge on any atom is -0.465 e. The third-order valence-electron chi connectivity index (χ3n) is 3.11. The van der Waals surface area contributed by atoms with Crippen LogP contribution in [0, 0.1) is 5.92 Å². The van der Waals surface area contributed by atoms with E-state index >= 15 is 0 Å². The van der Waals surface area contributed by atoms with Crippen LogP contribution < -0.4 is 16.0 Å². The molecule has 17 heavy (non-hydrogen) atoms. The normalized spacial score (nSPS) is 32.1. The molecule has 2 unspecified atom stereocenters. The molecule has 94 valence electrons. The Hall–Kier alpha value is -1.83. The highest BCUT2D eigenvalue weighted by molar-refractivity contribution is 6.07. The number of amides is 4. The number of imide groups is 1. The van der Waals surface area contributed by atoms with Crippen LogP contribution >= 0.6 is 0 Å². The van der Waals surface area contributed by atoms with Crippen LogP contribution in [-0.2, 0) is 9.53 Å². The molecule has 0 bridgehead atoms. The zero-order chi connectivity index (χ0) is 12.5. The van der Waals surface area contributed by atoms with E-state index in [-0.39, 0.29) is 12.5 Å². The van der Waals surface area contributed by atoms with Crippen LogP contribution in [0.2, 0.25) is 0 Å². The molecule has 0 aromatic carbocycles. The first-order chi connectivity index (χ1) is 8.04. The van der Waals surface area contributed by atoms with Gasteiger partial charge in [-0.25, -0.2) is 9.59 Å². The van der Waals surface area contributed by atoms with Gasteiger partial charge in [0, 0.05) is 12.5 Å². The molecular weight excluding hydrogens is 230 g/mol. The van der Waals surface area contributed by atoms with Gasteiger partial charge in [0.2, 0.25) is 0 Å². The summed E-state index contributed by atoms with van der Waals surface area (Å²) >= 11 is 0. The van der Waals surface area contributed by atoms with Gasteiger partial charge in [-0.2, -0.15) is 0 Å². The highest BCUT2D eigenvalue weighted by Crippen LogP contribution is 2.28. The maximum Gasteiger partial charge on any atom is 0.404 e. The number of nitrogens with one attached hydrogen (secondary N) is 3. The summed E-state index contributed by atoms with van der Waals surface area (Å²) in [5, 5.41) is 15.4. The van der Waals surface area contributed by atoms with Crippen molar-refractivity contribution in [3.8, 4) is 0 Å². The predicted molar refractivity (Wildman–Crippen MR) is 54.4 cm³/mol. The van der Waals surface area contributed by atoms with Gasteiger partial charge in [-0.3, -0.25) is 10.1 Å². The second-order valence-electron chi connectivity index (χ2n) is 4.10. The number of ether oxygens (including phenoxy) is 1. The van der Waals surface area contributed by atoms with Crippen molar-refractivity contribution in [2.24, 2.45) is 5.92 Å². The van der Waals surface area contributed by atoms with Crippen LogP contribution in [0.5, 0.6) is 0 Å². The molecule has 8 heteroatoms. The zero-order valence-corrected chi connectivity index (χ0v) is 8.99. The number of carbonyl (C=O) groups excluding carboxylic acids is 2. The van der Waals surface area contributed by atoms with Gasteiger partial charge in [0.25, 0.3) is 5.91 Å². The second kappa shape index (κ2) is 4.21. The fourth-order valence-corrected chi connectivity index (χ4v) is 2.20. The molecule has 0 aliphatic carbocycles. The Morgan fingerprint density at radius 3 is 2.82 bits per heavy atom. The van der Waals surface area contributed by atoms with Crippen molar-refractivity contribution < 1.29 is 24.2 Å². The van der Waals surface area contributed by atoms with Gasteiger partial charge in [-0.15, -0.1) is 0 Å². The number of hydrogen-bond donors (Lipinski definition) is 4. The Morgan fingerprint density at radius 1 is 1.59 bits per heavy atom. The zero-order valence-electron chi connectivity index (χ0n) is 8.99. The van der Waals surface area contributed by atoms with E-state index in [1.807, 2.05) is 0 Å². The Labute approximate surface area is 96.7 Å². The van der Waals surface area contributed by atoms with E-state index in [4.69, 9.17) is 9.84 Å². The van der Waals surface area contributed by atoms with Gasteiger partial charge in [0.15, 0.2) is 0 Å². The van der Waals surface area contributed by atoms with Crippen molar-refractivity contribution in [2.45, 2.75) is 12.0 Å². The molecule has 2 heterocycles. The van der Waals surface area contributed by atoms with Crippen molar-refractivity contribution in [3.05, 3.63) is 0 Å². The lowest BCUT2D eigenvalue weighted by Gasteiger charge is -2.30. The van der Waals surface area contributed by atoms with Crippen LogP contribution in [0.4, 0.5) is 9.59 Å². The lowest BCUT2D eigenvalue weighted by Crippen LogP contribution is -2.60. The molecule has 0 aromatic heterocycles. The Morgan fingerprint density at radius 2 is 2.35 bits per heavy atom. The Balaban J connectivity index is 2.18. The molecule has 0 radical (unpaired) electrons. The first-order valence-electron chi connectivity index (χ1n) is 5.23. The smallest absolute Gasteiger partial charge is 0.404 e. The summed E-state index contributed by atoms with van der Waals surface area (Å²) in [4.78, 5) is 33.5. The van der Waals surface area contributed by atoms with Crippen molar-refractivity contribution in [2.75, 3.05) is 19.8 Å². The molecular formula is C9H13N3O5. The highest BCUT2D eigenvalue weighted by Gasteiger charge is 2.53.